The lowest BCUT2D eigenvalue weighted by Crippen LogP contribution is -2.49. The van der Waals surface area contributed by atoms with Gasteiger partial charge in [-0.3, -0.25) is 14.3 Å². The summed E-state index contributed by atoms with van der Waals surface area (Å²) in [6.07, 6.45) is 0. The van der Waals surface area contributed by atoms with Gasteiger partial charge in [0.05, 0.1) is 11.7 Å². The lowest BCUT2D eigenvalue weighted by atomic mass is 10.1. The molecule has 1 N–H and O–H groups in total. The molecular weight excluding hydrogens is 380 g/mol. The van der Waals surface area contributed by atoms with Gasteiger partial charge in [0, 0.05) is 12.7 Å². The smallest absolute Gasteiger partial charge is 0.272 e. The maximum atomic E-state index is 12.9. The lowest BCUT2D eigenvalue weighted by molar-refractivity contribution is -0.120. The Kier molecular flexibility index (Phi) is 5.27. The first kappa shape index (κ1) is 19.7. The number of carbonyl (C=O) groups excluding carboxylic acids is 2. The minimum Gasteiger partial charge on any atom is -0.489 e. The van der Waals surface area contributed by atoms with Gasteiger partial charge >= 0.3 is 0 Å². The van der Waals surface area contributed by atoms with Gasteiger partial charge in [0.2, 0.25) is 0 Å². The normalized spacial score (nSPS) is 17.0. The summed E-state index contributed by atoms with van der Waals surface area (Å²) in [5.41, 5.74) is 2.91. The van der Waals surface area contributed by atoms with Gasteiger partial charge in [-0.2, -0.15) is 5.10 Å². The largest absolute Gasteiger partial charge is 0.489 e. The minimum absolute atomic E-state index is 0.0174. The zero-order chi connectivity index (χ0) is 21.3. The molecule has 1 aliphatic rings. The zero-order valence-corrected chi connectivity index (χ0v) is 17.2. The van der Waals surface area contributed by atoms with Crippen molar-refractivity contribution >= 4 is 17.5 Å². The molecular formula is C23H24N4O3. The van der Waals surface area contributed by atoms with Crippen LogP contribution in [0.3, 0.4) is 0 Å². The van der Waals surface area contributed by atoms with Crippen molar-refractivity contribution in [1.82, 2.24) is 15.1 Å². The van der Waals surface area contributed by atoms with Crippen molar-refractivity contribution in [1.29, 1.82) is 0 Å². The minimum atomic E-state index is -0.799. The van der Waals surface area contributed by atoms with Crippen molar-refractivity contribution in [3.8, 4) is 5.75 Å². The highest BCUT2D eigenvalue weighted by Crippen LogP contribution is 2.30. The van der Waals surface area contributed by atoms with Gasteiger partial charge in [-0.05, 0) is 37.6 Å². The Morgan fingerprint density at radius 1 is 1.17 bits per heavy atom. The van der Waals surface area contributed by atoms with Crippen LogP contribution in [0.4, 0.5) is 5.69 Å². The standard InChI is InChI=1S/C23H24N4O3/c1-15-13-18(25-27(15)16(2)17-9-5-4-6-10-17)22(28)24-19-14-30-21-12-8-7-11-20(21)26(3)23(19)29/h4-13,16,19H,14H2,1-3H3,(H,24,28)/t16?,19-/m0/s1. The Bertz CT molecular complexity index is 1080. The molecule has 0 radical (unpaired) electrons. The summed E-state index contributed by atoms with van der Waals surface area (Å²) in [6.45, 7) is 4.01. The van der Waals surface area contributed by atoms with Crippen LogP contribution in [-0.4, -0.2) is 41.3 Å². The number of aromatic nitrogens is 2. The molecule has 2 amide bonds. The second-order valence-electron chi connectivity index (χ2n) is 7.40. The number of para-hydroxylation sites is 2. The van der Waals surface area contributed by atoms with Gasteiger partial charge in [-0.25, -0.2) is 0 Å². The van der Waals surface area contributed by atoms with Gasteiger partial charge in [-0.15, -0.1) is 0 Å². The molecule has 1 aromatic heterocycles. The summed E-state index contributed by atoms with van der Waals surface area (Å²) in [6, 6.07) is 18.2. The summed E-state index contributed by atoms with van der Waals surface area (Å²) in [7, 11) is 1.68. The van der Waals surface area contributed by atoms with Crippen LogP contribution in [0.25, 0.3) is 0 Å². The number of rotatable bonds is 4. The van der Waals surface area contributed by atoms with Crippen LogP contribution in [0.1, 0.15) is 34.7 Å². The molecule has 154 valence electrons. The van der Waals surface area contributed by atoms with Crippen LogP contribution in [-0.2, 0) is 4.79 Å². The number of ether oxygens (including phenoxy) is 1. The van der Waals surface area contributed by atoms with Gasteiger partial charge in [0.15, 0.2) is 0 Å². The fourth-order valence-corrected chi connectivity index (χ4v) is 3.65. The topological polar surface area (TPSA) is 76.5 Å². The van der Waals surface area contributed by atoms with Crippen LogP contribution in [0.15, 0.2) is 60.7 Å². The third-order valence-corrected chi connectivity index (χ3v) is 5.37. The molecule has 7 heteroatoms. The summed E-state index contributed by atoms with van der Waals surface area (Å²) in [5, 5.41) is 7.28. The van der Waals surface area contributed by atoms with Crippen LogP contribution in [0.5, 0.6) is 5.75 Å². The molecule has 0 aliphatic carbocycles. The number of carbonyl (C=O) groups is 2. The summed E-state index contributed by atoms with van der Waals surface area (Å²) in [5.74, 6) is -0.0255. The van der Waals surface area contributed by atoms with Crippen molar-refractivity contribution in [3.63, 3.8) is 0 Å². The van der Waals surface area contributed by atoms with E-state index in [1.807, 2.05) is 67.1 Å². The Morgan fingerprint density at radius 3 is 2.63 bits per heavy atom. The van der Waals surface area contributed by atoms with Crippen molar-refractivity contribution in [3.05, 3.63) is 77.6 Å². The third kappa shape index (κ3) is 3.66. The Hall–Kier alpha value is -3.61. The number of likely N-dealkylation sites (N-methyl/N-ethyl adjacent to an activating group) is 1. The molecule has 2 atom stereocenters. The maximum Gasteiger partial charge on any atom is 0.272 e. The van der Waals surface area contributed by atoms with E-state index in [2.05, 4.69) is 10.4 Å². The van der Waals surface area contributed by atoms with E-state index < -0.39 is 11.9 Å². The van der Waals surface area contributed by atoms with E-state index in [-0.39, 0.29) is 24.2 Å². The van der Waals surface area contributed by atoms with Crippen molar-refractivity contribution < 1.29 is 14.3 Å². The van der Waals surface area contributed by atoms with E-state index in [1.165, 1.54) is 4.90 Å². The fourth-order valence-electron chi connectivity index (χ4n) is 3.65. The molecule has 0 spiro atoms. The highest BCUT2D eigenvalue weighted by atomic mass is 16.5. The molecule has 0 saturated heterocycles. The predicted octanol–water partition coefficient (Wildman–Crippen LogP) is 2.95. The first-order valence-corrected chi connectivity index (χ1v) is 9.87. The predicted molar refractivity (Wildman–Crippen MR) is 114 cm³/mol. The molecule has 2 heterocycles. The quantitative estimate of drug-likeness (QED) is 0.725. The van der Waals surface area contributed by atoms with Crippen molar-refractivity contribution in [2.24, 2.45) is 0 Å². The van der Waals surface area contributed by atoms with Gasteiger partial charge in [-0.1, -0.05) is 42.5 Å². The molecule has 30 heavy (non-hydrogen) atoms. The SMILES string of the molecule is Cc1cc(C(=O)N[C@H]2COc3ccccc3N(C)C2=O)nn1C(C)c1ccccc1. The molecule has 2 aromatic carbocycles. The zero-order valence-electron chi connectivity index (χ0n) is 17.2. The van der Waals surface area contributed by atoms with Crippen molar-refractivity contribution in [2.75, 3.05) is 18.6 Å². The van der Waals surface area contributed by atoms with Crippen molar-refractivity contribution in [2.45, 2.75) is 25.9 Å². The highest BCUT2D eigenvalue weighted by Gasteiger charge is 2.31. The first-order chi connectivity index (χ1) is 14.5. The average Bonchev–Trinajstić information content (AvgIpc) is 3.12. The van der Waals surface area contributed by atoms with Crippen LogP contribution in [0.2, 0.25) is 0 Å². The second-order valence-corrected chi connectivity index (χ2v) is 7.40. The van der Waals surface area contributed by atoms with E-state index >= 15 is 0 Å². The van der Waals surface area contributed by atoms with Crippen LogP contribution >= 0.6 is 0 Å². The van der Waals surface area contributed by atoms with Gasteiger partial charge < -0.3 is 15.0 Å². The summed E-state index contributed by atoms with van der Waals surface area (Å²) in [4.78, 5) is 27.2. The Morgan fingerprint density at radius 2 is 1.87 bits per heavy atom. The number of nitrogens with one attached hydrogen (secondary N) is 1. The van der Waals surface area contributed by atoms with Gasteiger partial charge in [0.1, 0.15) is 24.1 Å². The molecule has 0 saturated carbocycles. The number of nitrogens with zero attached hydrogens (tertiary/aromatic N) is 3. The number of benzene rings is 2. The monoisotopic (exact) mass is 404 g/mol. The number of amides is 2. The number of hydrogen-bond donors (Lipinski definition) is 1. The molecule has 1 unspecified atom stereocenters. The van der Waals surface area contributed by atoms with E-state index in [4.69, 9.17) is 4.74 Å². The average molecular weight is 404 g/mol. The lowest BCUT2D eigenvalue weighted by Gasteiger charge is -2.20. The Labute approximate surface area is 175 Å². The summed E-state index contributed by atoms with van der Waals surface area (Å²) < 4.78 is 7.58. The fraction of sp³-hybridized carbons (Fsp3) is 0.261. The number of aryl methyl sites for hydroxylation is 1. The van der Waals surface area contributed by atoms with E-state index in [9.17, 15) is 9.59 Å². The number of hydrogen-bond acceptors (Lipinski definition) is 4. The molecule has 0 fully saturated rings. The molecule has 3 aromatic rings. The van der Waals surface area contributed by atoms with Crippen LogP contribution < -0.4 is 15.0 Å². The molecule has 7 nitrogen and oxygen atoms in total. The number of anilines is 1. The maximum absolute atomic E-state index is 12.9. The van der Waals surface area contributed by atoms with E-state index in [1.54, 1.807) is 19.2 Å². The Balaban J connectivity index is 1.51. The molecule has 1 aliphatic heterocycles. The number of fused-ring (bicyclic) bond motifs is 1. The first-order valence-electron chi connectivity index (χ1n) is 9.87. The second kappa shape index (κ2) is 8.02. The third-order valence-electron chi connectivity index (χ3n) is 5.37. The van der Waals surface area contributed by atoms with Gasteiger partial charge in [0.25, 0.3) is 11.8 Å². The highest BCUT2D eigenvalue weighted by molar-refractivity contribution is 6.02. The summed E-state index contributed by atoms with van der Waals surface area (Å²) >= 11 is 0. The van der Waals surface area contributed by atoms with Crippen LogP contribution in [0, 0.1) is 6.92 Å². The molecule has 4 rings (SSSR count). The van der Waals surface area contributed by atoms with E-state index in [0.717, 1.165) is 11.3 Å². The van der Waals surface area contributed by atoms with E-state index in [0.29, 0.717) is 11.4 Å². The molecule has 0 bridgehead atoms.